The average Bonchev–Trinajstić information content (AvgIpc) is 2.65. The normalized spacial score (nSPS) is 16.4. The molecule has 0 spiro atoms. The molecule has 1 aliphatic heterocycles. The SMILES string of the molecule is CC(N)CN1C(=O)COc2csc(C(=O)O)c21. The zero-order valence-corrected chi connectivity index (χ0v) is 9.99. The molecule has 1 unspecified atom stereocenters. The number of carboxylic acids is 1. The minimum atomic E-state index is -1.07. The summed E-state index contributed by atoms with van der Waals surface area (Å²) in [6, 6.07) is -0.230. The highest BCUT2D eigenvalue weighted by Gasteiger charge is 2.32. The number of hydrogen-bond donors (Lipinski definition) is 2. The van der Waals surface area contributed by atoms with Crippen molar-refractivity contribution >= 4 is 28.9 Å². The van der Waals surface area contributed by atoms with Crippen molar-refractivity contribution in [2.45, 2.75) is 13.0 Å². The highest BCUT2D eigenvalue weighted by Crippen LogP contribution is 2.40. The highest BCUT2D eigenvalue weighted by atomic mass is 32.1. The van der Waals surface area contributed by atoms with Crippen molar-refractivity contribution in [3.8, 4) is 5.75 Å². The molecule has 0 fully saturated rings. The second-order valence-corrected chi connectivity index (χ2v) is 4.73. The van der Waals surface area contributed by atoms with Gasteiger partial charge in [0.15, 0.2) is 12.4 Å². The number of aromatic carboxylic acids is 1. The lowest BCUT2D eigenvalue weighted by Gasteiger charge is -2.29. The van der Waals surface area contributed by atoms with Gasteiger partial charge in [0.1, 0.15) is 10.6 Å². The van der Waals surface area contributed by atoms with Crippen LogP contribution in [0.5, 0.6) is 5.75 Å². The van der Waals surface area contributed by atoms with Gasteiger partial charge < -0.3 is 20.5 Å². The molecule has 1 amide bonds. The number of carbonyl (C=O) groups excluding carboxylic acids is 1. The Morgan fingerprint density at radius 2 is 2.47 bits per heavy atom. The van der Waals surface area contributed by atoms with E-state index in [-0.39, 0.29) is 30.0 Å². The van der Waals surface area contributed by atoms with Crippen molar-refractivity contribution in [3.63, 3.8) is 0 Å². The number of fused-ring (bicyclic) bond motifs is 1. The van der Waals surface area contributed by atoms with E-state index < -0.39 is 5.97 Å². The molecule has 0 saturated heterocycles. The van der Waals surface area contributed by atoms with Crippen LogP contribution in [0.15, 0.2) is 5.38 Å². The average molecular weight is 256 g/mol. The van der Waals surface area contributed by atoms with E-state index in [1.54, 1.807) is 12.3 Å². The number of rotatable bonds is 3. The molecule has 0 radical (unpaired) electrons. The second kappa shape index (κ2) is 4.34. The number of carboxylic acid groups (broad SMARTS) is 1. The Hall–Kier alpha value is -1.60. The predicted octanol–water partition coefficient (Wildman–Crippen LogP) is 0.519. The first-order valence-electron chi connectivity index (χ1n) is 5.04. The van der Waals surface area contributed by atoms with Gasteiger partial charge in [0.05, 0.1) is 0 Å². The Morgan fingerprint density at radius 3 is 3.06 bits per heavy atom. The van der Waals surface area contributed by atoms with Gasteiger partial charge >= 0.3 is 5.97 Å². The third kappa shape index (κ3) is 2.11. The predicted molar refractivity (Wildman–Crippen MR) is 62.8 cm³/mol. The molecule has 2 rings (SSSR count). The van der Waals surface area contributed by atoms with Crippen molar-refractivity contribution in [1.29, 1.82) is 0 Å². The largest absolute Gasteiger partial charge is 0.481 e. The smallest absolute Gasteiger partial charge is 0.348 e. The minimum Gasteiger partial charge on any atom is -0.481 e. The van der Waals surface area contributed by atoms with E-state index in [4.69, 9.17) is 15.6 Å². The number of carbonyl (C=O) groups is 2. The zero-order chi connectivity index (χ0) is 12.6. The third-order valence-electron chi connectivity index (χ3n) is 2.32. The minimum absolute atomic E-state index is 0.0739. The van der Waals surface area contributed by atoms with Crippen LogP contribution in [0.25, 0.3) is 0 Å². The monoisotopic (exact) mass is 256 g/mol. The van der Waals surface area contributed by atoms with E-state index >= 15 is 0 Å². The van der Waals surface area contributed by atoms with Gasteiger partial charge in [0, 0.05) is 18.0 Å². The molecule has 17 heavy (non-hydrogen) atoms. The number of thiophene rings is 1. The fourth-order valence-electron chi connectivity index (χ4n) is 1.67. The Balaban J connectivity index is 2.44. The molecule has 0 saturated carbocycles. The molecule has 3 N–H and O–H groups in total. The summed E-state index contributed by atoms with van der Waals surface area (Å²) in [5.41, 5.74) is 5.99. The molecule has 2 heterocycles. The number of nitrogens with two attached hydrogens (primary N) is 1. The molecular weight excluding hydrogens is 244 g/mol. The van der Waals surface area contributed by atoms with E-state index in [1.807, 2.05) is 0 Å². The first-order valence-corrected chi connectivity index (χ1v) is 5.92. The van der Waals surface area contributed by atoms with Gasteiger partial charge in [0.25, 0.3) is 5.91 Å². The van der Waals surface area contributed by atoms with E-state index in [0.29, 0.717) is 11.4 Å². The molecule has 92 valence electrons. The standard InChI is InChI=1S/C10H12N2O4S/c1-5(11)2-12-7(13)3-16-6-4-17-9(8(6)12)10(14)15/h4-5H,2-3,11H2,1H3,(H,14,15). The summed E-state index contributed by atoms with van der Waals surface area (Å²) < 4.78 is 5.19. The number of anilines is 1. The van der Waals surface area contributed by atoms with Crippen LogP contribution in [0.4, 0.5) is 5.69 Å². The van der Waals surface area contributed by atoms with Crippen LogP contribution in [0.3, 0.4) is 0 Å². The Morgan fingerprint density at radius 1 is 1.76 bits per heavy atom. The van der Waals surface area contributed by atoms with Crippen LogP contribution in [-0.4, -0.2) is 36.2 Å². The van der Waals surface area contributed by atoms with Crippen molar-refractivity contribution in [2.75, 3.05) is 18.1 Å². The van der Waals surface area contributed by atoms with Crippen LogP contribution in [-0.2, 0) is 4.79 Å². The number of amides is 1. The Bertz CT molecular complexity index is 469. The number of ether oxygens (including phenoxy) is 1. The second-order valence-electron chi connectivity index (χ2n) is 3.85. The van der Waals surface area contributed by atoms with E-state index in [9.17, 15) is 9.59 Å². The number of hydrogen-bond acceptors (Lipinski definition) is 5. The fraction of sp³-hybridized carbons (Fsp3) is 0.400. The van der Waals surface area contributed by atoms with Crippen molar-refractivity contribution < 1.29 is 19.4 Å². The molecule has 1 aliphatic rings. The van der Waals surface area contributed by atoms with Gasteiger partial charge in [-0.3, -0.25) is 4.79 Å². The van der Waals surface area contributed by atoms with Gasteiger partial charge in [0.2, 0.25) is 0 Å². The fourth-order valence-corrected chi connectivity index (χ4v) is 2.50. The maximum Gasteiger partial charge on any atom is 0.348 e. The van der Waals surface area contributed by atoms with E-state index in [1.165, 1.54) is 4.90 Å². The van der Waals surface area contributed by atoms with Crippen LogP contribution in [0.2, 0.25) is 0 Å². The van der Waals surface area contributed by atoms with E-state index in [2.05, 4.69) is 0 Å². The maximum atomic E-state index is 11.7. The van der Waals surface area contributed by atoms with Crippen LogP contribution in [0.1, 0.15) is 16.6 Å². The lowest BCUT2D eigenvalue weighted by Crippen LogP contribution is -2.44. The quantitative estimate of drug-likeness (QED) is 0.822. The van der Waals surface area contributed by atoms with Crippen LogP contribution in [0, 0.1) is 0 Å². The maximum absolute atomic E-state index is 11.7. The molecular formula is C10H12N2O4S. The van der Waals surface area contributed by atoms with Gasteiger partial charge in [-0.05, 0) is 6.92 Å². The topological polar surface area (TPSA) is 92.9 Å². The molecule has 0 aromatic carbocycles. The number of nitrogens with zero attached hydrogens (tertiary/aromatic N) is 1. The third-order valence-corrected chi connectivity index (χ3v) is 3.25. The first-order chi connectivity index (χ1) is 8.00. The molecule has 1 atom stereocenters. The van der Waals surface area contributed by atoms with Crippen LogP contribution < -0.4 is 15.4 Å². The lowest BCUT2D eigenvalue weighted by molar-refractivity contribution is -0.121. The van der Waals surface area contributed by atoms with Gasteiger partial charge in [-0.2, -0.15) is 0 Å². The summed E-state index contributed by atoms with van der Waals surface area (Å²) in [6.45, 7) is 1.97. The molecule has 6 nitrogen and oxygen atoms in total. The van der Waals surface area contributed by atoms with Crippen LogP contribution >= 0.6 is 11.3 Å². The van der Waals surface area contributed by atoms with E-state index in [0.717, 1.165) is 11.3 Å². The van der Waals surface area contributed by atoms with Gasteiger partial charge in [-0.15, -0.1) is 11.3 Å². The summed E-state index contributed by atoms with van der Waals surface area (Å²) in [6.07, 6.45) is 0. The lowest BCUT2D eigenvalue weighted by atomic mass is 10.2. The summed E-state index contributed by atoms with van der Waals surface area (Å²) in [7, 11) is 0. The molecule has 1 aromatic rings. The molecule has 7 heteroatoms. The van der Waals surface area contributed by atoms with Crippen molar-refractivity contribution in [3.05, 3.63) is 10.3 Å². The summed E-state index contributed by atoms with van der Waals surface area (Å²) in [4.78, 5) is 24.3. The van der Waals surface area contributed by atoms with Gasteiger partial charge in [-0.1, -0.05) is 0 Å². The van der Waals surface area contributed by atoms with Crippen molar-refractivity contribution in [1.82, 2.24) is 0 Å². The molecule has 0 bridgehead atoms. The Labute approximate surface area is 102 Å². The molecule has 0 aliphatic carbocycles. The van der Waals surface area contributed by atoms with Gasteiger partial charge in [-0.25, -0.2) is 4.79 Å². The highest BCUT2D eigenvalue weighted by molar-refractivity contribution is 7.13. The summed E-state index contributed by atoms with van der Waals surface area (Å²) in [5, 5.41) is 10.7. The van der Waals surface area contributed by atoms with Crippen molar-refractivity contribution in [2.24, 2.45) is 5.73 Å². The molecule has 1 aromatic heterocycles. The Kier molecular flexibility index (Phi) is 3.03. The zero-order valence-electron chi connectivity index (χ0n) is 9.17. The first kappa shape index (κ1) is 11.9. The summed E-state index contributed by atoms with van der Waals surface area (Å²) in [5.74, 6) is -0.896. The summed E-state index contributed by atoms with van der Waals surface area (Å²) >= 11 is 1.05.